The molecule has 2 aromatic rings. The van der Waals surface area contributed by atoms with Gasteiger partial charge in [-0.2, -0.15) is 0 Å². The zero-order chi connectivity index (χ0) is 14.1. The molecular weight excluding hydrogens is 276 g/mol. The summed E-state index contributed by atoms with van der Waals surface area (Å²) >= 11 is 6.13. The first-order valence-corrected chi connectivity index (χ1v) is 6.94. The van der Waals surface area contributed by atoms with Crippen LogP contribution >= 0.6 is 11.6 Å². The van der Waals surface area contributed by atoms with E-state index < -0.39 is 0 Å². The number of hydrogen-bond donors (Lipinski definition) is 0. The molecule has 0 radical (unpaired) electrons. The first-order valence-electron chi connectivity index (χ1n) is 6.56. The van der Waals surface area contributed by atoms with Crippen LogP contribution < -0.4 is 9.47 Å². The van der Waals surface area contributed by atoms with Gasteiger partial charge in [-0.1, -0.05) is 11.6 Å². The molecule has 5 heteroatoms. The topological polar surface area (TPSA) is 44.2 Å². The SMILES string of the molecule is Cc1nc(-c2ccc3c(c2)OCCCO3)nc(Cl)c1C. The van der Waals surface area contributed by atoms with Crippen LogP contribution in [0.2, 0.25) is 5.15 Å². The average Bonchev–Trinajstić information content (AvgIpc) is 2.68. The summed E-state index contributed by atoms with van der Waals surface area (Å²) in [6.07, 6.45) is 0.885. The molecule has 0 fully saturated rings. The zero-order valence-corrected chi connectivity index (χ0v) is 12.2. The van der Waals surface area contributed by atoms with Crippen LogP contribution in [-0.4, -0.2) is 23.2 Å². The van der Waals surface area contributed by atoms with E-state index >= 15 is 0 Å². The third-order valence-corrected chi connectivity index (χ3v) is 3.70. The normalized spacial score (nSPS) is 13.9. The van der Waals surface area contributed by atoms with Crippen LogP contribution in [0, 0.1) is 13.8 Å². The Kier molecular flexibility index (Phi) is 3.49. The van der Waals surface area contributed by atoms with Crippen molar-refractivity contribution in [3.63, 3.8) is 0 Å². The molecule has 0 saturated carbocycles. The largest absolute Gasteiger partial charge is 0.490 e. The van der Waals surface area contributed by atoms with Crippen LogP contribution in [0.15, 0.2) is 18.2 Å². The van der Waals surface area contributed by atoms with Crippen molar-refractivity contribution in [1.82, 2.24) is 9.97 Å². The highest BCUT2D eigenvalue weighted by molar-refractivity contribution is 6.30. The average molecular weight is 291 g/mol. The first-order chi connectivity index (χ1) is 9.65. The van der Waals surface area contributed by atoms with E-state index in [1.54, 1.807) is 0 Å². The summed E-state index contributed by atoms with van der Waals surface area (Å²) in [5.41, 5.74) is 2.66. The molecule has 0 N–H and O–H groups in total. The molecule has 1 aromatic heterocycles. The summed E-state index contributed by atoms with van der Waals surface area (Å²) in [5.74, 6) is 2.10. The van der Waals surface area contributed by atoms with Gasteiger partial charge in [0.05, 0.1) is 13.2 Å². The van der Waals surface area contributed by atoms with Crippen molar-refractivity contribution in [2.75, 3.05) is 13.2 Å². The van der Waals surface area contributed by atoms with Crippen LogP contribution in [0.4, 0.5) is 0 Å². The second kappa shape index (κ2) is 5.29. The number of rotatable bonds is 1. The van der Waals surface area contributed by atoms with Crippen molar-refractivity contribution in [3.05, 3.63) is 34.6 Å². The summed E-state index contributed by atoms with van der Waals surface area (Å²) in [7, 11) is 0. The molecule has 3 rings (SSSR count). The number of benzene rings is 1. The van der Waals surface area contributed by atoms with Crippen molar-refractivity contribution in [2.24, 2.45) is 0 Å². The molecule has 0 bridgehead atoms. The number of fused-ring (bicyclic) bond motifs is 1. The van der Waals surface area contributed by atoms with Gasteiger partial charge in [0, 0.05) is 23.2 Å². The summed E-state index contributed by atoms with van der Waals surface area (Å²) in [6, 6.07) is 5.72. The van der Waals surface area contributed by atoms with Gasteiger partial charge >= 0.3 is 0 Å². The van der Waals surface area contributed by atoms with Crippen molar-refractivity contribution in [2.45, 2.75) is 20.3 Å². The van der Waals surface area contributed by atoms with Crippen molar-refractivity contribution in [3.8, 4) is 22.9 Å². The molecule has 1 aliphatic rings. The molecule has 2 heterocycles. The van der Waals surface area contributed by atoms with Gasteiger partial charge in [0.15, 0.2) is 17.3 Å². The van der Waals surface area contributed by atoms with E-state index in [9.17, 15) is 0 Å². The van der Waals surface area contributed by atoms with Crippen LogP contribution in [-0.2, 0) is 0 Å². The van der Waals surface area contributed by atoms with E-state index in [4.69, 9.17) is 21.1 Å². The molecule has 0 atom stereocenters. The molecule has 0 spiro atoms. The first kappa shape index (κ1) is 13.2. The second-order valence-electron chi connectivity index (χ2n) is 4.76. The van der Waals surface area contributed by atoms with Crippen molar-refractivity contribution < 1.29 is 9.47 Å². The quantitative estimate of drug-likeness (QED) is 0.753. The van der Waals surface area contributed by atoms with Gasteiger partial charge in [-0.15, -0.1) is 0 Å². The third kappa shape index (κ3) is 2.43. The summed E-state index contributed by atoms with van der Waals surface area (Å²) in [6.45, 7) is 5.17. The van der Waals surface area contributed by atoms with E-state index in [2.05, 4.69) is 9.97 Å². The third-order valence-electron chi connectivity index (χ3n) is 3.34. The number of aryl methyl sites for hydroxylation is 1. The van der Waals surface area contributed by atoms with E-state index in [1.165, 1.54) is 0 Å². The second-order valence-corrected chi connectivity index (χ2v) is 5.12. The summed E-state index contributed by atoms with van der Waals surface area (Å²) in [4.78, 5) is 8.82. The highest BCUT2D eigenvalue weighted by Crippen LogP contribution is 2.33. The summed E-state index contributed by atoms with van der Waals surface area (Å²) in [5, 5.41) is 0.486. The number of hydrogen-bond acceptors (Lipinski definition) is 4. The molecule has 0 amide bonds. The highest BCUT2D eigenvalue weighted by Gasteiger charge is 2.14. The molecule has 20 heavy (non-hydrogen) atoms. The fourth-order valence-electron chi connectivity index (χ4n) is 2.03. The Morgan fingerprint density at radius 1 is 1.05 bits per heavy atom. The number of nitrogens with zero attached hydrogens (tertiary/aromatic N) is 2. The van der Waals surface area contributed by atoms with Crippen molar-refractivity contribution in [1.29, 1.82) is 0 Å². The van der Waals surface area contributed by atoms with E-state index in [1.807, 2.05) is 32.0 Å². The molecule has 1 aliphatic heterocycles. The van der Waals surface area contributed by atoms with E-state index in [0.29, 0.717) is 24.2 Å². The van der Waals surface area contributed by atoms with Crippen LogP contribution in [0.1, 0.15) is 17.7 Å². The Balaban J connectivity index is 2.04. The van der Waals surface area contributed by atoms with Gasteiger partial charge in [0.2, 0.25) is 0 Å². The van der Waals surface area contributed by atoms with E-state index in [-0.39, 0.29) is 0 Å². The molecule has 0 saturated heterocycles. The monoisotopic (exact) mass is 290 g/mol. The van der Waals surface area contributed by atoms with Gasteiger partial charge in [0.25, 0.3) is 0 Å². The Morgan fingerprint density at radius 2 is 1.80 bits per heavy atom. The maximum atomic E-state index is 6.13. The lowest BCUT2D eigenvalue weighted by Gasteiger charge is -2.10. The maximum Gasteiger partial charge on any atom is 0.161 e. The number of aromatic nitrogens is 2. The molecule has 0 aliphatic carbocycles. The number of ether oxygens (including phenoxy) is 2. The lowest BCUT2D eigenvalue weighted by molar-refractivity contribution is 0.297. The standard InChI is InChI=1S/C15H15ClN2O2/c1-9-10(2)17-15(18-14(9)16)11-4-5-12-13(8-11)20-7-3-6-19-12/h4-5,8H,3,6-7H2,1-2H3. The Hall–Kier alpha value is -1.81. The number of halogens is 1. The molecule has 0 unspecified atom stereocenters. The zero-order valence-electron chi connectivity index (χ0n) is 11.4. The minimum Gasteiger partial charge on any atom is -0.490 e. The molecule has 4 nitrogen and oxygen atoms in total. The van der Waals surface area contributed by atoms with Crippen LogP contribution in [0.25, 0.3) is 11.4 Å². The molecule has 104 valence electrons. The summed E-state index contributed by atoms with van der Waals surface area (Å²) < 4.78 is 11.3. The molecular formula is C15H15ClN2O2. The van der Waals surface area contributed by atoms with Crippen LogP contribution in [0.5, 0.6) is 11.5 Å². The fourth-order valence-corrected chi connectivity index (χ4v) is 2.24. The van der Waals surface area contributed by atoms with Crippen molar-refractivity contribution >= 4 is 11.6 Å². The Labute approximate surface area is 122 Å². The lowest BCUT2D eigenvalue weighted by atomic mass is 10.1. The van der Waals surface area contributed by atoms with Gasteiger partial charge < -0.3 is 9.47 Å². The van der Waals surface area contributed by atoms with Gasteiger partial charge in [-0.05, 0) is 32.0 Å². The predicted octanol–water partition coefficient (Wildman–Crippen LogP) is 3.58. The predicted molar refractivity (Wildman–Crippen MR) is 77.6 cm³/mol. The maximum absolute atomic E-state index is 6.13. The molecule has 1 aromatic carbocycles. The smallest absolute Gasteiger partial charge is 0.161 e. The van der Waals surface area contributed by atoms with Gasteiger partial charge in [0.1, 0.15) is 5.15 Å². The van der Waals surface area contributed by atoms with E-state index in [0.717, 1.165) is 34.7 Å². The minimum absolute atomic E-state index is 0.486. The van der Waals surface area contributed by atoms with Gasteiger partial charge in [-0.25, -0.2) is 9.97 Å². The highest BCUT2D eigenvalue weighted by atomic mass is 35.5. The fraction of sp³-hybridized carbons (Fsp3) is 0.333. The Morgan fingerprint density at radius 3 is 2.55 bits per heavy atom. The van der Waals surface area contributed by atoms with Crippen LogP contribution in [0.3, 0.4) is 0 Å². The lowest BCUT2D eigenvalue weighted by Crippen LogP contribution is -1.98. The minimum atomic E-state index is 0.486. The Bertz CT molecular complexity index is 635. The van der Waals surface area contributed by atoms with Gasteiger partial charge in [-0.3, -0.25) is 0 Å².